The number of nitrogens with one attached hydrogen (secondary N) is 1. The molecule has 0 saturated carbocycles. The van der Waals surface area contributed by atoms with Gasteiger partial charge < -0.3 is 10.1 Å². The first-order valence-corrected chi connectivity index (χ1v) is 13.2. The zero-order valence-electron chi connectivity index (χ0n) is 20.2. The van der Waals surface area contributed by atoms with E-state index >= 15 is 0 Å². The molecule has 3 aromatic rings. The van der Waals surface area contributed by atoms with Gasteiger partial charge in [-0.15, -0.1) is 0 Å². The van der Waals surface area contributed by atoms with Crippen molar-refractivity contribution in [2.45, 2.75) is 24.9 Å². The summed E-state index contributed by atoms with van der Waals surface area (Å²) in [5, 5.41) is 2.81. The zero-order valence-corrected chi connectivity index (χ0v) is 21.0. The summed E-state index contributed by atoms with van der Waals surface area (Å²) in [6.45, 7) is 5.94. The summed E-state index contributed by atoms with van der Waals surface area (Å²) < 4.78 is 46.5. The van der Waals surface area contributed by atoms with Gasteiger partial charge in [-0.2, -0.15) is 0 Å². The first kappa shape index (κ1) is 25.8. The van der Waals surface area contributed by atoms with E-state index in [2.05, 4.69) is 10.2 Å². The van der Waals surface area contributed by atoms with Crippen LogP contribution < -0.4 is 9.62 Å². The van der Waals surface area contributed by atoms with Crippen LogP contribution in [0.3, 0.4) is 0 Å². The van der Waals surface area contributed by atoms with Gasteiger partial charge in [-0.1, -0.05) is 42.0 Å². The lowest BCUT2D eigenvalue weighted by molar-refractivity contribution is -0.119. The van der Waals surface area contributed by atoms with E-state index in [9.17, 15) is 17.6 Å². The summed E-state index contributed by atoms with van der Waals surface area (Å²) >= 11 is 0. The Morgan fingerprint density at radius 1 is 0.944 bits per heavy atom. The quantitative estimate of drug-likeness (QED) is 0.476. The SMILES string of the molecule is Cc1ccc(N(CC(=O)NCc2ccc(CN3CCOCC3)cc2)S(=O)(=O)c2ccc(F)cc2)cc1. The van der Waals surface area contributed by atoms with Crippen molar-refractivity contribution in [3.63, 3.8) is 0 Å². The second kappa shape index (κ2) is 11.6. The number of hydrogen-bond acceptors (Lipinski definition) is 5. The number of halogens is 1. The highest BCUT2D eigenvalue weighted by atomic mass is 32.2. The van der Waals surface area contributed by atoms with E-state index in [1.54, 1.807) is 24.3 Å². The van der Waals surface area contributed by atoms with Crippen molar-refractivity contribution < 1.29 is 22.3 Å². The molecule has 1 heterocycles. The van der Waals surface area contributed by atoms with Crippen molar-refractivity contribution in [3.05, 3.63) is 95.3 Å². The van der Waals surface area contributed by atoms with Gasteiger partial charge in [-0.05, 0) is 54.4 Å². The van der Waals surface area contributed by atoms with Gasteiger partial charge in [-0.25, -0.2) is 12.8 Å². The minimum atomic E-state index is -4.09. The van der Waals surface area contributed by atoms with E-state index in [1.807, 2.05) is 31.2 Å². The summed E-state index contributed by atoms with van der Waals surface area (Å²) in [7, 11) is -4.09. The highest BCUT2D eigenvalue weighted by Gasteiger charge is 2.27. The molecule has 1 amide bonds. The fourth-order valence-electron chi connectivity index (χ4n) is 3.93. The molecule has 1 aliphatic rings. The summed E-state index contributed by atoms with van der Waals surface area (Å²) in [5.74, 6) is -0.983. The number of rotatable bonds is 9. The molecule has 0 radical (unpaired) electrons. The number of nitrogens with zero attached hydrogens (tertiary/aromatic N) is 2. The van der Waals surface area contributed by atoms with Crippen LogP contribution in [0, 0.1) is 12.7 Å². The average molecular weight is 512 g/mol. The topological polar surface area (TPSA) is 79.0 Å². The number of morpholine rings is 1. The Balaban J connectivity index is 1.42. The lowest BCUT2D eigenvalue weighted by Crippen LogP contribution is -2.40. The molecule has 1 saturated heterocycles. The molecular weight excluding hydrogens is 481 g/mol. The van der Waals surface area contributed by atoms with Crippen LogP contribution in [-0.4, -0.2) is 52.1 Å². The molecule has 7 nitrogen and oxygen atoms in total. The molecule has 1 fully saturated rings. The fourth-order valence-corrected chi connectivity index (χ4v) is 5.35. The largest absolute Gasteiger partial charge is 0.379 e. The van der Waals surface area contributed by atoms with Gasteiger partial charge in [0, 0.05) is 26.2 Å². The molecule has 1 aliphatic heterocycles. The van der Waals surface area contributed by atoms with E-state index in [-0.39, 0.29) is 11.4 Å². The molecule has 9 heteroatoms. The minimum absolute atomic E-state index is 0.0897. The van der Waals surface area contributed by atoms with Crippen LogP contribution in [0.1, 0.15) is 16.7 Å². The predicted molar refractivity (Wildman–Crippen MR) is 136 cm³/mol. The van der Waals surface area contributed by atoms with Gasteiger partial charge in [0.05, 0.1) is 23.8 Å². The van der Waals surface area contributed by atoms with Crippen LogP contribution in [0.15, 0.2) is 77.7 Å². The van der Waals surface area contributed by atoms with Crippen LogP contribution in [0.5, 0.6) is 0 Å². The maximum atomic E-state index is 13.4. The number of sulfonamides is 1. The summed E-state index contributed by atoms with van der Waals surface area (Å²) in [4.78, 5) is 15.1. The smallest absolute Gasteiger partial charge is 0.264 e. The zero-order chi connectivity index (χ0) is 25.5. The standard InChI is InChI=1S/C27H30FN3O4S/c1-21-2-10-25(11-3-21)31(36(33,34)26-12-8-24(28)9-13-26)20-27(32)29-18-22-4-6-23(7-5-22)19-30-14-16-35-17-15-30/h2-13H,14-20H2,1H3,(H,29,32). The van der Waals surface area contributed by atoms with Gasteiger partial charge >= 0.3 is 0 Å². The molecule has 0 aliphatic carbocycles. The molecule has 3 aromatic carbocycles. The Hall–Kier alpha value is -3.27. The number of benzene rings is 3. The van der Waals surface area contributed by atoms with Gasteiger partial charge in [0.15, 0.2) is 0 Å². The molecule has 4 rings (SSSR count). The Labute approximate surface area is 211 Å². The highest BCUT2D eigenvalue weighted by Crippen LogP contribution is 2.24. The molecule has 0 unspecified atom stereocenters. The van der Waals surface area contributed by atoms with Gasteiger partial charge in [0.2, 0.25) is 5.91 Å². The number of amides is 1. The summed E-state index contributed by atoms with van der Waals surface area (Å²) in [5.41, 5.74) is 3.41. The Bertz CT molecular complexity index is 1260. The van der Waals surface area contributed by atoms with Crippen molar-refractivity contribution in [3.8, 4) is 0 Å². The normalized spacial score (nSPS) is 14.4. The highest BCUT2D eigenvalue weighted by molar-refractivity contribution is 7.92. The maximum absolute atomic E-state index is 13.4. The first-order valence-electron chi connectivity index (χ1n) is 11.8. The summed E-state index contributed by atoms with van der Waals surface area (Å²) in [6.07, 6.45) is 0. The second-order valence-corrected chi connectivity index (χ2v) is 10.6. The van der Waals surface area contributed by atoms with Crippen LogP contribution >= 0.6 is 0 Å². The first-order chi connectivity index (χ1) is 17.3. The van der Waals surface area contributed by atoms with Crippen LogP contribution in [0.2, 0.25) is 0 Å². The van der Waals surface area contributed by atoms with E-state index in [0.717, 1.165) is 60.4 Å². The van der Waals surface area contributed by atoms with Gasteiger partial charge in [0.1, 0.15) is 12.4 Å². The maximum Gasteiger partial charge on any atom is 0.264 e. The van der Waals surface area contributed by atoms with E-state index in [1.165, 1.54) is 17.7 Å². The van der Waals surface area contributed by atoms with Crippen molar-refractivity contribution in [2.24, 2.45) is 0 Å². The molecule has 1 N–H and O–H groups in total. The molecule has 0 bridgehead atoms. The number of ether oxygens (including phenoxy) is 1. The number of aryl methyl sites for hydroxylation is 1. The lowest BCUT2D eigenvalue weighted by Gasteiger charge is -2.26. The second-order valence-electron chi connectivity index (χ2n) is 8.78. The average Bonchev–Trinajstić information content (AvgIpc) is 2.88. The Kier molecular flexibility index (Phi) is 8.35. The minimum Gasteiger partial charge on any atom is -0.379 e. The molecule has 0 aromatic heterocycles. The van der Waals surface area contributed by atoms with E-state index in [0.29, 0.717) is 5.69 Å². The Morgan fingerprint density at radius 2 is 1.56 bits per heavy atom. The number of carbonyl (C=O) groups is 1. The van der Waals surface area contributed by atoms with Gasteiger partial charge in [-0.3, -0.25) is 14.0 Å². The lowest BCUT2D eigenvalue weighted by atomic mass is 10.1. The molecular formula is C27H30FN3O4S. The predicted octanol–water partition coefficient (Wildman–Crippen LogP) is 3.48. The van der Waals surface area contributed by atoms with E-state index < -0.39 is 28.3 Å². The number of carbonyl (C=O) groups excluding carboxylic acids is 1. The van der Waals surface area contributed by atoms with Crippen LogP contribution in [0.25, 0.3) is 0 Å². The number of hydrogen-bond donors (Lipinski definition) is 1. The summed E-state index contributed by atoms with van der Waals surface area (Å²) in [6, 6.07) is 19.4. The van der Waals surface area contributed by atoms with Gasteiger partial charge in [0.25, 0.3) is 10.0 Å². The Morgan fingerprint density at radius 3 is 2.19 bits per heavy atom. The van der Waals surface area contributed by atoms with Crippen molar-refractivity contribution in [2.75, 3.05) is 37.2 Å². The number of anilines is 1. The molecule has 190 valence electrons. The van der Waals surface area contributed by atoms with Crippen LogP contribution in [-0.2, 0) is 32.6 Å². The molecule has 0 spiro atoms. The van der Waals surface area contributed by atoms with Crippen molar-refractivity contribution in [1.82, 2.24) is 10.2 Å². The van der Waals surface area contributed by atoms with Crippen molar-refractivity contribution in [1.29, 1.82) is 0 Å². The van der Waals surface area contributed by atoms with E-state index in [4.69, 9.17) is 4.74 Å². The molecule has 0 atom stereocenters. The third-order valence-electron chi connectivity index (χ3n) is 6.03. The fraction of sp³-hybridized carbons (Fsp3) is 0.296. The third-order valence-corrected chi connectivity index (χ3v) is 7.82. The van der Waals surface area contributed by atoms with Crippen LogP contribution in [0.4, 0.5) is 10.1 Å². The molecule has 36 heavy (non-hydrogen) atoms. The van der Waals surface area contributed by atoms with Crippen molar-refractivity contribution >= 4 is 21.6 Å². The monoisotopic (exact) mass is 511 g/mol. The third kappa shape index (κ3) is 6.69.